The van der Waals surface area contributed by atoms with Crippen LogP contribution >= 0.6 is 0 Å². The largest absolute Gasteiger partial charge is 0.492 e. The summed E-state index contributed by atoms with van der Waals surface area (Å²) in [4.78, 5) is 77.8. The number of nitrogens with zero attached hydrogens (tertiary/aromatic N) is 3. The lowest BCUT2D eigenvalue weighted by Gasteiger charge is -2.35. The molecule has 6 aliphatic rings. The number of nitrogens with one attached hydrogen (secondary N) is 3. The van der Waals surface area contributed by atoms with Crippen LogP contribution in [0.5, 0.6) is 11.6 Å². The molecule has 0 spiro atoms. The Hall–Kier alpha value is -5.19. The first-order chi connectivity index (χ1) is 30.9. The lowest BCUT2D eigenvalue weighted by atomic mass is 9.85. The molecule has 3 saturated carbocycles. The molecule has 4 heterocycles. The molecule has 3 N–H and O–H groups in total. The van der Waals surface area contributed by atoms with Gasteiger partial charge < -0.3 is 34.6 Å². The summed E-state index contributed by atoms with van der Waals surface area (Å²) >= 11 is 0. The molecule has 2 aromatic rings. The van der Waals surface area contributed by atoms with Gasteiger partial charge in [-0.15, -0.1) is 6.58 Å². The molecule has 3 aliphatic heterocycles. The van der Waals surface area contributed by atoms with Crippen molar-refractivity contribution in [2.24, 2.45) is 17.3 Å². The molecular formula is C48H64N6O10S. The fourth-order valence-electron chi connectivity index (χ4n) is 9.88. The van der Waals surface area contributed by atoms with Gasteiger partial charge in [-0.05, 0) is 101 Å². The summed E-state index contributed by atoms with van der Waals surface area (Å²) in [6.45, 7) is 12.5. The second kappa shape index (κ2) is 18.2. The second-order valence-electron chi connectivity index (χ2n) is 20.1. The third kappa shape index (κ3) is 9.71. The van der Waals surface area contributed by atoms with Crippen LogP contribution in [0.25, 0.3) is 10.9 Å². The number of carbonyl (C=O) groups is 5. The molecule has 1 aromatic heterocycles. The van der Waals surface area contributed by atoms with E-state index in [4.69, 9.17) is 19.2 Å². The number of sulfonamides is 1. The second-order valence-corrected chi connectivity index (χ2v) is 22.3. The maximum Gasteiger partial charge on any atom is 0.408 e. The number of hydrogen-bond donors (Lipinski definition) is 3. The topological polar surface area (TPSA) is 203 Å². The highest BCUT2D eigenvalue weighted by molar-refractivity contribution is 7.91. The van der Waals surface area contributed by atoms with Crippen LogP contribution in [0, 0.1) is 17.3 Å². The molecule has 1 aromatic carbocycles. The van der Waals surface area contributed by atoms with Crippen molar-refractivity contribution in [2.45, 2.75) is 146 Å². The third-order valence-corrected chi connectivity index (χ3v) is 16.5. The van der Waals surface area contributed by atoms with E-state index in [1.54, 1.807) is 6.92 Å². The number of fused-ring (bicyclic) bond motifs is 5. The van der Waals surface area contributed by atoms with Crippen LogP contribution in [0.1, 0.15) is 110 Å². The van der Waals surface area contributed by atoms with Gasteiger partial charge in [0.2, 0.25) is 33.6 Å². The number of para-hydroxylation sites is 1. The summed E-state index contributed by atoms with van der Waals surface area (Å²) in [5, 5.41) is 6.51. The van der Waals surface area contributed by atoms with Crippen LogP contribution in [0.4, 0.5) is 4.79 Å². The number of carbonyl (C=O) groups excluding carboxylic acids is 5. The summed E-state index contributed by atoms with van der Waals surface area (Å²) in [6.07, 6.45) is 11.3. The van der Waals surface area contributed by atoms with Crippen molar-refractivity contribution in [1.29, 1.82) is 0 Å². The van der Waals surface area contributed by atoms with Gasteiger partial charge in [0, 0.05) is 37.2 Å². The molecule has 5 fully saturated rings. The van der Waals surface area contributed by atoms with E-state index in [2.05, 4.69) is 34.1 Å². The Morgan fingerprint density at radius 3 is 2.57 bits per heavy atom. The maximum atomic E-state index is 15.0. The summed E-state index contributed by atoms with van der Waals surface area (Å²) in [7, 11) is -4.03. The van der Waals surface area contributed by atoms with Gasteiger partial charge in [-0.25, -0.2) is 18.2 Å². The van der Waals surface area contributed by atoms with Crippen molar-refractivity contribution in [2.75, 3.05) is 26.2 Å². The molecule has 8 rings (SSSR count). The molecule has 16 nitrogen and oxygen atoms in total. The number of alkyl carbamates (subject to hydrolysis) is 1. The Kier molecular flexibility index (Phi) is 13.0. The fourth-order valence-corrected chi connectivity index (χ4v) is 11.2. The fraction of sp³-hybridized carbons (Fsp3) is 0.625. The quantitative estimate of drug-likeness (QED) is 0.197. The molecule has 7 atom stereocenters. The highest BCUT2D eigenvalue weighted by Crippen LogP contribution is 2.47. The Morgan fingerprint density at radius 2 is 1.86 bits per heavy atom. The van der Waals surface area contributed by atoms with Gasteiger partial charge in [-0.1, -0.05) is 51.1 Å². The molecule has 3 aliphatic carbocycles. The van der Waals surface area contributed by atoms with Gasteiger partial charge in [-0.2, -0.15) is 0 Å². The van der Waals surface area contributed by atoms with Crippen molar-refractivity contribution >= 4 is 50.6 Å². The number of rotatable bonds is 11. The first-order valence-electron chi connectivity index (χ1n) is 23.4. The zero-order valence-corrected chi connectivity index (χ0v) is 38.9. The van der Waals surface area contributed by atoms with Crippen molar-refractivity contribution in [3.05, 3.63) is 54.6 Å². The predicted molar refractivity (Wildman–Crippen MR) is 242 cm³/mol. The van der Waals surface area contributed by atoms with E-state index in [1.807, 2.05) is 49.9 Å². The summed E-state index contributed by atoms with van der Waals surface area (Å²) in [5.74, 6) is -1.46. The standard InChI is InChI=1S/C48H64N6O10S/c1-6-31-28-48(31,44(58)52-65(60,61)47(5)22-23-47)51-41(56)36-27-32-29-54(36)43(57)40(46(2,3)4)50-45(59)64-37-20-12-16-30(37)15-8-7-9-18-34-39(62-26-14-25-53-24-13-21-38(53)55)33-17-10-11-19-35(33)49-42(34)63-32/h6-7,9-11,17,19,30-32,36-37,40H,1,8,12-16,18,20-29H2,2-5H3,(H,50,59)(H,51,56)(H,52,58)/t30?,31-,32?,36?,37?,40?,48-/m1/s1. The van der Waals surface area contributed by atoms with E-state index in [0.29, 0.717) is 68.5 Å². The van der Waals surface area contributed by atoms with Gasteiger partial charge in [-0.3, -0.25) is 23.9 Å². The van der Waals surface area contributed by atoms with Crippen LogP contribution in [0.15, 0.2) is 49.1 Å². The zero-order valence-electron chi connectivity index (χ0n) is 38.1. The first kappa shape index (κ1) is 46.3. The number of pyridine rings is 1. The maximum absolute atomic E-state index is 15.0. The number of likely N-dealkylation sites (tertiary alicyclic amines) is 1. The lowest BCUT2D eigenvalue weighted by molar-refractivity contribution is -0.143. The molecule has 352 valence electrons. The summed E-state index contributed by atoms with van der Waals surface area (Å²) in [5.41, 5.74) is -1.12. The summed E-state index contributed by atoms with van der Waals surface area (Å²) < 4.78 is 47.0. The molecule has 5 unspecified atom stereocenters. The average Bonchev–Trinajstić information content (AvgIpc) is 3.97. The Bertz CT molecular complexity index is 2360. The monoisotopic (exact) mass is 916 g/mol. The number of benzene rings is 1. The summed E-state index contributed by atoms with van der Waals surface area (Å²) in [6, 6.07) is 5.29. The molecule has 17 heteroatoms. The highest BCUT2D eigenvalue weighted by Gasteiger charge is 2.63. The lowest BCUT2D eigenvalue weighted by Crippen LogP contribution is -2.60. The predicted octanol–water partition coefficient (Wildman–Crippen LogP) is 5.24. The SMILES string of the molecule is C=C[C@@H]1C[C@]1(NC(=O)C1CC2CN1C(=O)C(C(C)(C)C)NC(=O)OC1CCCC1CCC=CCc1c(nc3ccccc3c1OCCCN1CCCC1=O)O2)C(=O)NS(=O)(=O)C1(C)CC1. The van der Waals surface area contributed by atoms with Gasteiger partial charge in [0.1, 0.15) is 35.6 Å². The first-order valence-corrected chi connectivity index (χ1v) is 24.8. The van der Waals surface area contributed by atoms with E-state index in [9.17, 15) is 32.4 Å². The molecule has 0 radical (unpaired) electrons. The number of hydrogen-bond acceptors (Lipinski definition) is 11. The molecule has 5 amide bonds. The van der Waals surface area contributed by atoms with E-state index >= 15 is 0 Å². The van der Waals surface area contributed by atoms with Crippen LogP contribution in [-0.4, -0.2) is 114 Å². The van der Waals surface area contributed by atoms with Gasteiger partial charge in [0.25, 0.3) is 5.91 Å². The van der Waals surface area contributed by atoms with Crippen molar-refractivity contribution in [3.8, 4) is 11.6 Å². The van der Waals surface area contributed by atoms with Gasteiger partial charge in [0.15, 0.2) is 0 Å². The zero-order chi connectivity index (χ0) is 46.3. The van der Waals surface area contributed by atoms with Crippen LogP contribution < -0.4 is 24.8 Å². The molecule has 65 heavy (non-hydrogen) atoms. The average molecular weight is 917 g/mol. The van der Waals surface area contributed by atoms with Crippen molar-refractivity contribution in [1.82, 2.24) is 30.1 Å². The van der Waals surface area contributed by atoms with Gasteiger partial charge >= 0.3 is 6.09 Å². The van der Waals surface area contributed by atoms with Crippen molar-refractivity contribution < 1.29 is 46.6 Å². The van der Waals surface area contributed by atoms with E-state index in [0.717, 1.165) is 44.0 Å². The Balaban J connectivity index is 1.14. The Morgan fingerprint density at radius 1 is 1.08 bits per heavy atom. The van der Waals surface area contributed by atoms with Crippen LogP contribution in [-0.2, 0) is 40.4 Å². The minimum absolute atomic E-state index is 0.0146. The smallest absolute Gasteiger partial charge is 0.408 e. The van der Waals surface area contributed by atoms with Crippen LogP contribution in [0.2, 0.25) is 0 Å². The van der Waals surface area contributed by atoms with E-state index in [1.165, 1.54) is 11.0 Å². The van der Waals surface area contributed by atoms with Crippen LogP contribution in [0.3, 0.4) is 0 Å². The number of ether oxygens (including phenoxy) is 3. The number of amides is 5. The molecule has 2 bridgehead atoms. The highest BCUT2D eigenvalue weighted by atomic mass is 32.2. The normalized spacial score (nSPS) is 29.1. The van der Waals surface area contributed by atoms with Gasteiger partial charge in [0.05, 0.1) is 29.0 Å². The number of allylic oxidation sites excluding steroid dienone is 2. The Labute approximate surface area is 381 Å². The minimum atomic E-state index is -4.03. The minimum Gasteiger partial charge on any atom is -0.492 e. The molecular weight excluding hydrogens is 853 g/mol. The number of aromatic nitrogens is 1. The van der Waals surface area contributed by atoms with E-state index < -0.39 is 73.6 Å². The van der Waals surface area contributed by atoms with Crippen molar-refractivity contribution in [3.63, 3.8) is 0 Å². The molecule has 2 saturated heterocycles. The van der Waals surface area contributed by atoms with E-state index in [-0.39, 0.29) is 43.2 Å². The third-order valence-electron chi connectivity index (χ3n) is 14.3.